The first-order chi connectivity index (χ1) is 13.9. The first-order valence-electron chi connectivity index (χ1n) is 10.7. The number of rotatable bonds is 6. The fraction of sp³-hybridized carbons (Fsp3) is 0.407. The third-order valence-electron chi connectivity index (χ3n) is 5.36. The molecule has 0 aliphatic heterocycles. The Kier molecular flexibility index (Phi) is 7.41. The largest absolute Gasteiger partial charge is 0.352 e. The number of allylic oxidation sites excluding steroid dienone is 3. The van der Waals surface area contributed by atoms with Crippen molar-refractivity contribution in [1.82, 2.24) is 5.32 Å². The average molecular weight is 405 g/mol. The molecular formula is C27H36N2O. The van der Waals surface area contributed by atoms with Crippen molar-refractivity contribution in [2.75, 3.05) is 6.54 Å². The molecule has 0 bridgehead atoms. The molecule has 0 aromatic rings. The van der Waals surface area contributed by atoms with Crippen LogP contribution in [0.5, 0.6) is 0 Å². The van der Waals surface area contributed by atoms with Crippen LogP contribution >= 0.6 is 0 Å². The minimum absolute atomic E-state index is 0.0169. The molecule has 0 atom stereocenters. The van der Waals surface area contributed by atoms with Gasteiger partial charge in [-0.1, -0.05) is 65.0 Å². The molecule has 0 saturated heterocycles. The molecule has 2 N–H and O–H groups in total. The minimum atomic E-state index is -0.0610. The average Bonchev–Trinajstić information content (AvgIpc) is 2.85. The molecule has 0 heterocycles. The maximum Gasteiger partial charge on any atom is 0.246 e. The van der Waals surface area contributed by atoms with Gasteiger partial charge in [0.05, 0.1) is 0 Å². The standard InChI is InChI=1S/C27H36N2O/c1-17(2)16-29-26(30)18(3)14-23(19(4)20(5)28)24-15-25(27(6,7)8)22-13-11-9-10-12-21(22)24/h9-15,17,28H,16H2,1-8H3,(H,29,30)/b18-14+,23-19-,28-20?. The van der Waals surface area contributed by atoms with E-state index in [0.717, 1.165) is 22.3 Å². The predicted molar refractivity (Wildman–Crippen MR) is 129 cm³/mol. The Balaban J connectivity index is 2.70. The predicted octanol–water partition coefficient (Wildman–Crippen LogP) is 6.62. The van der Waals surface area contributed by atoms with Gasteiger partial charge in [0.15, 0.2) is 0 Å². The summed E-state index contributed by atoms with van der Waals surface area (Å²) in [6.45, 7) is 17.1. The lowest BCUT2D eigenvalue weighted by atomic mass is 9.86. The summed E-state index contributed by atoms with van der Waals surface area (Å²) < 4.78 is 0. The van der Waals surface area contributed by atoms with Gasteiger partial charge in [0, 0.05) is 17.8 Å². The van der Waals surface area contributed by atoms with Crippen LogP contribution in [-0.4, -0.2) is 18.2 Å². The number of hydrogen-bond donors (Lipinski definition) is 2. The summed E-state index contributed by atoms with van der Waals surface area (Å²) in [7, 11) is 0. The summed E-state index contributed by atoms with van der Waals surface area (Å²) in [4.78, 5) is 12.6. The van der Waals surface area contributed by atoms with Crippen LogP contribution in [0.3, 0.4) is 0 Å². The zero-order valence-electron chi connectivity index (χ0n) is 19.7. The Bertz CT molecular complexity index is 971. The van der Waals surface area contributed by atoms with Crippen LogP contribution in [0.2, 0.25) is 0 Å². The van der Waals surface area contributed by atoms with Crippen molar-refractivity contribution in [1.29, 1.82) is 5.41 Å². The number of carbonyl (C=O) groups is 1. The molecule has 30 heavy (non-hydrogen) atoms. The summed E-state index contributed by atoms with van der Waals surface area (Å²) in [5.74, 6) is 0.338. The Hall–Kier alpha value is -2.68. The second-order valence-corrected chi connectivity index (χ2v) is 9.55. The molecule has 0 unspecified atom stereocenters. The molecule has 160 valence electrons. The van der Waals surface area contributed by atoms with E-state index in [1.807, 2.05) is 26.0 Å². The zero-order valence-corrected chi connectivity index (χ0v) is 19.7. The van der Waals surface area contributed by atoms with Gasteiger partial charge in [-0.25, -0.2) is 0 Å². The first-order valence-corrected chi connectivity index (χ1v) is 10.7. The van der Waals surface area contributed by atoms with Crippen molar-refractivity contribution in [2.24, 2.45) is 5.92 Å². The lowest BCUT2D eigenvalue weighted by Crippen LogP contribution is -2.27. The normalized spacial score (nSPS) is 13.4. The Morgan fingerprint density at radius 3 is 2.20 bits per heavy atom. The van der Waals surface area contributed by atoms with E-state index in [0.29, 0.717) is 23.7 Å². The Labute approximate surface area is 182 Å². The summed E-state index contributed by atoms with van der Waals surface area (Å²) in [5, 5.41) is 11.3. The summed E-state index contributed by atoms with van der Waals surface area (Å²) >= 11 is 0. The van der Waals surface area contributed by atoms with Gasteiger partial charge in [0.2, 0.25) is 5.91 Å². The van der Waals surface area contributed by atoms with Gasteiger partial charge >= 0.3 is 0 Å². The van der Waals surface area contributed by atoms with E-state index < -0.39 is 0 Å². The van der Waals surface area contributed by atoms with E-state index >= 15 is 0 Å². The van der Waals surface area contributed by atoms with Crippen molar-refractivity contribution in [3.05, 3.63) is 64.7 Å². The molecular weight excluding hydrogens is 368 g/mol. The van der Waals surface area contributed by atoms with E-state index in [4.69, 9.17) is 5.41 Å². The molecule has 3 nitrogen and oxygen atoms in total. The van der Waals surface area contributed by atoms with Gasteiger partial charge in [-0.3, -0.25) is 4.79 Å². The molecule has 2 aliphatic carbocycles. The molecule has 2 rings (SSSR count). The van der Waals surface area contributed by atoms with Gasteiger partial charge in [-0.05, 0) is 77.6 Å². The Morgan fingerprint density at radius 2 is 1.67 bits per heavy atom. The van der Waals surface area contributed by atoms with Crippen molar-refractivity contribution in [3.8, 4) is 11.1 Å². The second kappa shape index (κ2) is 9.42. The second-order valence-electron chi connectivity index (χ2n) is 9.55. The van der Waals surface area contributed by atoms with Crippen molar-refractivity contribution in [2.45, 2.75) is 60.8 Å². The lowest BCUT2D eigenvalue weighted by molar-refractivity contribution is -0.117. The van der Waals surface area contributed by atoms with Crippen LogP contribution in [0.15, 0.2) is 53.6 Å². The third kappa shape index (κ3) is 5.47. The highest BCUT2D eigenvalue weighted by molar-refractivity contribution is 6.08. The van der Waals surface area contributed by atoms with E-state index in [-0.39, 0.29) is 11.3 Å². The monoisotopic (exact) mass is 404 g/mol. The van der Waals surface area contributed by atoms with Gasteiger partial charge in [-0.2, -0.15) is 0 Å². The molecule has 2 aliphatic rings. The number of amides is 1. The number of hydrogen-bond acceptors (Lipinski definition) is 2. The molecule has 0 radical (unpaired) electrons. The first kappa shape index (κ1) is 23.6. The zero-order chi connectivity index (χ0) is 22.6. The summed E-state index contributed by atoms with van der Waals surface area (Å²) in [6.07, 6.45) is 1.94. The third-order valence-corrected chi connectivity index (χ3v) is 5.36. The topological polar surface area (TPSA) is 53.0 Å². The van der Waals surface area contributed by atoms with E-state index in [2.05, 4.69) is 70.3 Å². The highest BCUT2D eigenvalue weighted by atomic mass is 16.1. The highest BCUT2D eigenvalue weighted by Gasteiger charge is 2.25. The van der Waals surface area contributed by atoms with Crippen molar-refractivity contribution >= 4 is 17.2 Å². The quantitative estimate of drug-likeness (QED) is 0.317. The van der Waals surface area contributed by atoms with Gasteiger partial charge in [-0.15, -0.1) is 0 Å². The van der Waals surface area contributed by atoms with Crippen LogP contribution in [0.1, 0.15) is 66.5 Å². The van der Waals surface area contributed by atoms with Crippen molar-refractivity contribution in [3.63, 3.8) is 0 Å². The lowest BCUT2D eigenvalue weighted by Gasteiger charge is -2.18. The maximum absolute atomic E-state index is 12.6. The van der Waals surface area contributed by atoms with Crippen LogP contribution in [0.4, 0.5) is 0 Å². The van der Waals surface area contributed by atoms with Crippen LogP contribution in [0, 0.1) is 11.3 Å². The van der Waals surface area contributed by atoms with Crippen LogP contribution in [-0.2, 0) is 10.2 Å². The molecule has 0 spiro atoms. The maximum atomic E-state index is 12.6. The Morgan fingerprint density at radius 1 is 1.07 bits per heavy atom. The van der Waals surface area contributed by atoms with E-state index in [1.165, 1.54) is 11.1 Å². The molecule has 0 fully saturated rings. The van der Waals surface area contributed by atoms with Gasteiger partial charge < -0.3 is 10.7 Å². The minimum Gasteiger partial charge on any atom is -0.352 e. The van der Waals surface area contributed by atoms with Crippen LogP contribution < -0.4 is 5.32 Å². The van der Waals surface area contributed by atoms with E-state index in [1.54, 1.807) is 6.92 Å². The molecule has 1 amide bonds. The molecule has 0 aromatic heterocycles. The number of carbonyl (C=O) groups excluding carboxylic acids is 1. The van der Waals surface area contributed by atoms with E-state index in [9.17, 15) is 4.79 Å². The molecule has 3 heteroatoms. The smallest absolute Gasteiger partial charge is 0.246 e. The fourth-order valence-electron chi connectivity index (χ4n) is 3.47. The van der Waals surface area contributed by atoms with Crippen LogP contribution in [0.25, 0.3) is 16.7 Å². The highest BCUT2D eigenvalue weighted by Crippen LogP contribution is 2.42. The van der Waals surface area contributed by atoms with Crippen molar-refractivity contribution < 1.29 is 4.79 Å². The summed E-state index contributed by atoms with van der Waals surface area (Å²) in [5.41, 5.74) is 7.66. The number of nitrogens with one attached hydrogen (secondary N) is 2. The molecule has 0 aromatic carbocycles. The summed E-state index contributed by atoms with van der Waals surface area (Å²) in [6, 6.07) is 12.7. The van der Waals surface area contributed by atoms with Gasteiger partial charge in [0.1, 0.15) is 0 Å². The van der Waals surface area contributed by atoms with Gasteiger partial charge in [0.25, 0.3) is 0 Å². The number of fused-ring (bicyclic) bond motifs is 1. The SMILES string of the molecule is CC(=N)/C(C)=C(/C=C(\C)C(=O)NCC(C)C)c1cc(C(C)(C)C)c2cccccc1-2. The molecule has 0 saturated carbocycles. The fourth-order valence-corrected chi connectivity index (χ4v) is 3.47.